The molecule has 0 spiro atoms. The average molecular weight is 278 g/mol. The molecule has 0 aromatic heterocycles. The third-order valence-corrected chi connectivity index (χ3v) is 4.02. The van der Waals surface area contributed by atoms with Crippen molar-refractivity contribution in [3.05, 3.63) is 12.1 Å². The van der Waals surface area contributed by atoms with Crippen LogP contribution in [-0.2, 0) is 0 Å². The van der Waals surface area contributed by atoms with Crippen molar-refractivity contribution in [3.8, 4) is 11.5 Å². The molecule has 1 aliphatic rings. The summed E-state index contributed by atoms with van der Waals surface area (Å²) in [6, 6.07) is 4.27. The van der Waals surface area contributed by atoms with Crippen LogP contribution in [0.3, 0.4) is 0 Å². The number of nitrogens with two attached hydrogens (primary N) is 1. The first-order valence-electron chi connectivity index (χ1n) is 7.52. The molecule has 1 saturated carbocycles. The van der Waals surface area contributed by atoms with E-state index in [1.165, 1.54) is 44.9 Å². The first kappa shape index (κ1) is 14.8. The minimum atomic E-state index is 0.510. The van der Waals surface area contributed by atoms with E-state index in [0.29, 0.717) is 17.5 Å². The highest BCUT2D eigenvalue weighted by Gasteiger charge is 2.14. The van der Waals surface area contributed by atoms with Gasteiger partial charge < -0.3 is 20.5 Å². The number of hydrogen-bond acceptors (Lipinski definition) is 4. The maximum Gasteiger partial charge on any atom is 0.162 e. The summed E-state index contributed by atoms with van der Waals surface area (Å²) in [4.78, 5) is 0. The van der Waals surface area contributed by atoms with Crippen LogP contribution in [-0.4, -0.2) is 20.3 Å². The van der Waals surface area contributed by atoms with Crippen LogP contribution >= 0.6 is 0 Å². The van der Waals surface area contributed by atoms with Crippen molar-refractivity contribution in [2.24, 2.45) is 0 Å². The second-order valence-electron chi connectivity index (χ2n) is 5.48. The van der Waals surface area contributed by atoms with Gasteiger partial charge in [-0.1, -0.05) is 32.1 Å². The number of nitrogen functional groups attached to an aromatic ring is 1. The van der Waals surface area contributed by atoms with Gasteiger partial charge in [0.2, 0.25) is 0 Å². The molecule has 0 aliphatic heterocycles. The van der Waals surface area contributed by atoms with Crippen LogP contribution in [0.1, 0.15) is 44.9 Å². The van der Waals surface area contributed by atoms with Crippen LogP contribution in [0.5, 0.6) is 11.5 Å². The van der Waals surface area contributed by atoms with E-state index in [1.807, 2.05) is 12.1 Å². The summed E-state index contributed by atoms with van der Waals surface area (Å²) in [6.45, 7) is 0. The third kappa shape index (κ3) is 3.71. The van der Waals surface area contributed by atoms with Gasteiger partial charge >= 0.3 is 0 Å². The van der Waals surface area contributed by atoms with Gasteiger partial charge in [-0.25, -0.2) is 0 Å². The van der Waals surface area contributed by atoms with Crippen molar-refractivity contribution < 1.29 is 9.47 Å². The standard InChI is InChI=1S/C16H26N2O2/c1-19-15-10-13(17)14(11-16(15)20-2)18-12-8-6-4-3-5-7-9-12/h10-12,18H,3-9,17H2,1-2H3. The number of anilines is 2. The van der Waals surface area contributed by atoms with E-state index in [2.05, 4.69) is 5.32 Å². The van der Waals surface area contributed by atoms with Crippen molar-refractivity contribution in [3.63, 3.8) is 0 Å². The van der Waals surface area contributed by atoms with Crippen molar-refractivity contribution in [2.75, 3.05) is 25.3 Å². The Hall–Kier alpha value is -1.58. The van der Waals surface area contributed by atoms with E-state index < -0.39 is 0 Å². The van der Waals surface area contributed by atoms with E-state index >= 15 is 0 Å². The fourth-order valence-electron chi connectivity index (χ4n) is 2.84. The fourth-order valence-corrected chi connectivity index (χ4v) is 2.84. The Bertz CT molecular complexity index is 427. The molecule has 4 nitrogen and oxygen atoms in total. The Labute approximate surface area is 121 Å². The lowest BCUT2D eigenvalue weighted by Crippen LogP contribution is -2.21. The summed E-state index contributed by atoms with van der Waals surface area (Å²) in [7, 11) is 3.27. The Kier molecular flexibility index (Phi) is 5.39. The first-order chi connectivity index (χ1) is 9.74. The lowest BCUT2D eigenvalue weighted by molar-refractivity contribution is 0.355. The molecule has 0 radical (unpaired) electrons. The van der Waals surface area contributed by atoms with Gasteiger partial charge in [-0.3, -0.25) is 0 Å². The van der Waals surface area contributed by atoms with Crippen molar-refractivity contribution >= 4 is 11.4 Å². The van der Waals surface area contributed by atoms with Gasteiger partial charge in [-0.2, -0.15) is 0 Å². The van der Waals surface area contributed by atoms with E-state index in [1.54, 1.807) is 14.2 Å². The number of rotatable bonds is 4. The van der Waals surface area contributed by atoms with Crippen LogP contribution in [0.25, 0.3) is 0 Å². The monoisotopic (exact) mass is 278 g/mol. The Morgan fingerprint density at radius 1 is 0.950 bits per heavy atom. The molecule has 4 heteroatoms. The van der Waals surface area contributed by atoms with Crippen molar-refractivity contribution in [1.82, 2.24) is 0 Å². The van der Waals surface area contributed by atoms with Gasteiger partial charge in [-0.05, 0) is 12.8 Å². The minimum Gasteiger partial charge on any atom is -0.493 e. The van der Waals surface area contributed by atoms with Gasteiger partial charge in [0, 0.05) is 18.2 Å². The SMILES string of the molecule is COc1cc(N)c(NC2CCCCCCC2)cc1OC. The van der Waals surface area contributed by atoms with E-state index in [-0.39, 0.29) is 0 Å². The molecule has 3 N–H and O–H groups in total. The van der Waals surface area contributed by atoms with Gasteiger partial charge in [0.05, 0.1) is 25.6 Å². The molecule has 0 heterocycles. The molecular formula is C16H26N2O2. The molecule has 20 heavy (non-hydrogen) atoms. The van der Waals surface area contributed by atoms with E-state index in [4.69, 9.17) is 15.2 Å². The number of ether oxygens (including phenoxy) is 2. The van der Waals surface area contributed by atoms with Gasteiger partial charge in [0.25, 0.3) is 0 Å². The smallest absolute Gasteiger partial charge is 0.162 e. The maximum atomic E-state index is 6.11. The molecule has 2 rings (SSSR count). The molecule has 0 saturated heterocycles. The molecule has 0 amide bonds. The van der Waals surface area contributed by atoms with Gasteiger partial charge in [0.15, 0.2) is 11.5 Å². The zero-order valence-electron chi connectivity index (χ0n) is 12.6. The summed E-state index contributed by atoms with van der Waals surface area (Å²) in [6.07, 6.45) is 9.10. The molecule has 1 aromatic rings. The van der Waals surface area contributed by atoms with Crippen LogP contribution in [0, 0.1) is 0 Å². The zero-order chi connectivity index (χ0) is 14.4. The average Bonchev–Trinajstić information content (AvgIpc) is 2.43. The Morgan fingerprint density at radius 3 is 2.10 bits per heavy atom. The van der Waals surface area contributed by atoms with Crippen LogP contribution in [0.4, 0.5) is 11.4 Å². The zero-order valence-corrected chi connectivity index (χ0v) is 12.6. The molecule has 112 valence electrons. The lowest BCUT2D eigenvalue weighted by Gasteiger charge is -2.23. The largest absolute Gasteiger partial charge is 0.493 e. The van der Waals surface area contributed by atoms with Crippen LogP contribution in [0.15, 0.2) is 12.1 Å². The van der Waals surface area contributed by atoms with E-state index in [0.717, 1.165) is 11.4 Å². The second-order valence-corrected chi connectivity index (χ2v) is 5.48. The summed E-state index contributed by atoms with van der Waals surface area (Å²) >= 11 is 0. The third-order valence-electron chi connectivity index (χ3n) is 4.02. The molecule has 0 atom stereocenters. The van der Waals surface area contributed by atoms with Crippen LogP contribution in [0.2, 0.25) is 0 Å². The minimum absolute atomic E-state index is 0.510. The molecule has 1 fully saturated rings. The summed E-state index contributed by atoms with van der Waals surface area (Å²) in [5.41, 5.74) is 7.77. The summed E-state index contributed by atoms with van der Waals surface area (Å²) in [5.74, 6) is 1.39. The summed E-state index contributed by atoms with van der Waals surface area (Å²) in [5, 5.41) is 3.58. The van der Waals surface area contributed by atoms with Crippen molar-refractivity contribution in [1.29, 1.82) is 0 Å². The second kappa shape index (κ2) is 7.27. The van der Waals surface area contributed by atoms with Gasteiger partial charge in [0.1, 0.15) is 0 Å². The molecule has 0 bridgehead atoms. The topological polar surface area (TPSA) is 56.5 Å². The fraction of sp³-hybridized carbons (Fsp3) is 0.625. The highest BCUT2D eigenvalue weighted by molar-refractivity contribution is 5.72. The predicted octanol–water partition coefficient (Wildman–Crippen LogP) is 3.81. The lowest BCUT2D eigenvalue weighted by atomic mass is 9.96. The molecular weight excluding hydrogens is 252 g/mol. The van der Waals surface area contributed by atoms with E-state index in [9.17, 15) is 0 Å². The molecule has 1 aliphatic carbocycles. The quantitative estimate of drug-likeness (QED) is 0.822. The highest BCUT2D eigenvalue weighted by atomic mass is 16.5. The first-order valence-corrected chi connectivity index (χ1v) is 7.52. The highest BCUT2D eigenvalue weighted by Crippen LogP contribution is 2.35. The predicted molar refractivity (Wildman–Crippen MR) is 83.7 cm³/mol. The summed E-state index contributed by atoms with van der Waals surface area (Å²) < 4.78 is 10.6. The Balaban J connectivity index is 2.10. The van der Waals surface area contributed by atoms with Crippen molar-refractivity contribution in [2.45, 2.75) is 51.0 Å². The number of benzene rings is 1. The number of hydrogen-bond donors (Lipinski definition) is 2. The normalized spacial score (nSPS) is 17.1. The van der Waals surface area contributed by atoms with Gasteiger partial charge in [-0.15, -0.1) is 0 Å². The number of methoxy groups -OCH3 is 2. The Morgan fingerprint density at radius 2 is 1.50 bits per heavy atom. The maximum absolute atomic E-state index is 6.11. The van der Waals surface area contributed by atoms with Crippen LogP contribution < -0.4 is 20.5 Å². The number of nitrogens with one attached hydrogen (secondary N) is 1. The molecule has 1 aromatic carbocycles. The molecule has 0 unspecified atom stereocenters.